The summed E-state index contributed by atoms with van der Waals surface area (Å²) >= 11 is 0. The Labute approximate surface area is 159 Å². The van der Waals surface area contributed by atoms with Crippen LogP contribution in [0, 0.1) is 6.92 Å². The van der Waals surface area contributed by atoms with Crippen molar-refractivity contribution < 1.29 is 9.18 Å². The number of amides is 1. The molecule has 1 aliphatic carbocycles. The Bertz CT molecular complexity index is 1110. The summed E-state index contributed by atoms with van der Waals surface area (Å²) in [5, 5.41) is 8.61. The molecular weight excluding hydrogens is 365 g/mol. The fourth-order valence-electron chi connectivity index (χ4n) is 3.82. The van der Waals surface area contributed by atoms with Crippen molar-refractivity contribution in [1.29, 1.82) is 0 Å². The van der Waals surface area contributed by atoms with Crippen LogP contribution in [0.25, 0.3) is 11.5 Å². The summed E-state index contributed by atoms with van der Waals surface area (Å²) in [5.74, 6) is 0.137. The number of hydrogen-bond acceptors (Lipinski definition) is 5. The normalized spacial score (nSPS) is 22.7. The van der Waals surface area contributed by atoms with E-state index in [-0.39, 0.29) is 23.5 Å². The quantitative estimate of drug-likeness (QED) is 0.704. The van der Waals surface area contributed by atoms with Crippen LogP contribution in [-0.4, -0.2) is 78.5 Å². The smallest absolute Gasteiger partial charge is 0.276 e. The number of alkyl halides is 1. The van der Waals surface area contributed by atoms with E-state index in [1.165, 1.54) is 15.4 Å². The van der Waals surface area contributed by atoms with Crippen molar-refractivity contribution in [2.45, 2.75) is 25.6 Å². The van der Waals surface area contributed by atoms with Crippen LogP contribution in [0.5, 0.6) is 0 Å². The van der Waals surface area contributed by atoms with E-state index in [9.17, 15) is 14.0 Å². The lowest BCUT2D eigenvalue weighted by atomic mass is 10.2. The van der Waals surface area contributed by atoms with Crippen molar-refractivity contribution in [3.63, 3.8) is 0 Å². The van der Waals surface area contributed by atoms with Gasteiger partial charge in [-0.05, 0) is 25.5 Å². The van der Waals surface area contributed by atoms with Crippen molar-refractivity contribution in [3.8, 4) is 5.95 Å². The van der Waals surface area contributed by atoms with Gasteiger partial charge in [0.2, 0.25) is 5.95 Å². The molecule has 3 aromatic rings. The molecule has 1 saturated heterocycles. The molecule has 9 nitrogen and oxygen atoms in total. The molecule has 4 heterocycles. The number of nitrogens with zero attached hydrogens (tertiary/aromatic N) is 6. The van der Waals surface area contributed by atoms with Gasteiger partial charge in [0.05, 0.1) is 17.5 Å². The summed E-state index contributed by atoms with van der Waals surface area (Å²) < 4.78 is 16.2. The van der Waals surface area contributed by atoms with E-state index < -0.39 is 6.17 Å². The summed E-state index contributed by atoms with van der Waals surface area (Å²) in [6.07, 6.45) is 3.08. The van der Waals surface area contributed by atoms with Crippen LogP contribution in [0.3, 0.4) is 0 Å². The molecule has 28 heavy (non-hydrogen) atoms. The number of piperazine rings is 1. The maximum absolute atomic E-state index is 13.2. The highest BCUT2D eigenvalue weighted by molar-refractivity contribution is 5.95. The summed E-state index contributed by atoms with van der Waals surface area (Å²) in [7, 11) is 0. The molecule has 2 atom stereocenters. The average molecular weight is 385 g/mol. The summed E-state index contributed by atoms with van der Waals surface area (Å²) in [6, 6.07) is 3.44. The van der Waals surface area contributed by atoms with Gasteiger partial charge in [0.1, 0.15) is 11.7 Å². The molecular formula is C18H20FN7O2. The third kappa shape index (κ3) is 2.71. The van der Waals surface area contributed by atoms with E-state index in [4.69, 9.17) is 0 Å². The molecule has 3 aromatic heterocycles. The second-order valence-electron chi connectivity index (χ2n) is 7.32. The Hall–Kier alpha value is -3.01. The van der Waals surface area contributed by atoms with Gasteiger partial charge in [-0.25, -0.2) is 13.6 Å². The monoisotopic (exact) mass is 385 g/mol. The van der Waals surface area contributed by atoms with E-state index >= 15 is 0 Å². The van der Waals surface area contributed by atoms with Gasteiger partial charge in [-0.15, -0.1) is 5.10 Å². The first-order valence-corrected chi connectivity index (χ1v) is 9.33. The number of carbonyl (C=O) groups excluding carboxylic acids is 1. The third-order valence-electron chi connectivity index (χ3n) is 5.58. The number of aromatic nitrogens is 5. The predicted molar refractivity (Wildman–Crippen MR) is 98.4 cm³/mol. The van der Waals surface area contributed by atoms with Crippen molar-refractivity contribution in [3.05, 3.63) is 46.1 Å². The Morgan fingerprint density at radius 1 is 1.29 bits per heavy atom. The molecule has 0 bridgehead atoms. The fourth-order valence-corrected chi connectivity index (χ4v) is 3.82. The Morgan fingerprint density at radius 2 is 2.04 bits per heavy atom. The molecule has 2 fully saturated rings. The van der Waals surface area contributed by atoms with Gasteiger partial charge >= 0.3 is 0 Å². The first-order valence-electron chi connectivity index (χ1n) is 9.33. The highest BCUT2D eigenvalue weighted by atomic mass is 19.1. The number of aromatic amines is 1. The van der Waals surface area contributed by atoms with Gasteiger partial charge in [0, 0.05) is 38.4 Å². The van der Waals surface area contributed by atoms with E-state index in [1.54, 1.807) is 30.2 Å². The lowest BCUT2D eigenvalue weighted by molar-refractivity contribution is 0.0616. The highest BCUT2D eigenvalue weighted by Gasteiger charge is 2.43. The van der Waals surface area contributed by atoms with Crippen LogP contribution in [0.15, 0.2) is 29.3 Å². The molecule has 5 rings (SSSR count). The molecule has 1 N–H and O–H groups in total. The number of halogens is 1. The van der Waals surface area contributed by atoms with E-state index in [0.29, 0.717) is 49.4 Å². The van der Waals surface area contributed by atoms with Crippen LogP contribution in [-0.2, 0) is 0 Å². The minimum Gasteiger partial charge on any atom is -0.336 e. The van der Waals surface area contributed by atoms with Crippen molar-refractivity contribution >= 4 is 11.4 Å². The summed E-state index contributed by atoms with van der Waals surface area (Å²) in [6.45, 7) is 4.27. The Kier molecular flexibility index (Phi) is 3.83. The van der Waals surface area contributed by atoms with Crippen LogP contribution in [0.4, 0.5) is 4.39 Å². The molecule has 2 unspecified atom stereocenters. The lowest BCUT2D eigenvalue weighted by Gasteiger charge is -2.34. The molecule has 146 valence electrons. The average Bonchev–Trinajstić information content (AvgIpc) is 3.06. The first kappa shape index (κ1) is 17.1. The van der Waals surface area contributed by atoms with Gasteiger partial charge in [0.15, 0.2) is 0 Å². The number of fused-ring (bicyclic) bond motifs is 1. The number of rotatable bonds is 3. The highest BCUT2D eigenvalue weighted by Crippen LogP contribution is 2.32. The largest absolute Gasteiger partial charge is 0.336 e. The van der Waals surface area contributed by atoms with Gasteiger partial charge < -0.3 is 4.90 Å². The zero-order valence-corrected chi connectivity index (χ0v) is 15.4. The minimum absolute atomic E-state index is 0.0354. The van der Waals surface area contributed by atoms with Gasteiger partial charge in [-0.3, -0.25) is 19.5 Å². The van der Waals surface area contributed by atoms with Crippen molar-refractivity contribution in [2.24, 2.45) is 0 Å². The van der Waals surface area contributed by atoms with Gasteiger partial charge in [0.25, 0.3) is 11.5 Å². The van der Waals surface area contributed by atoms with Gasteiger partial charge in [-0.2, -0.15) is 5.10 Å². The number of nitrogens with one attached hydrogen (secondary N) is 1. The van der Waals surface area contributed by atoms with E-state index in [2.05, 4.69) is 20.1 Å². The number of hydrogen-bond donors (Lipinski definition) is 1. The van der Waals surface area contributed by atoms with Crippen LogP contribution >= 0.6 is 0 Å². The lowest BCUT2D eigenvalue weighted by Crippen LogP contribution is -2.49. The predicted octanol–water partition coefficient (Wildman–Crippen LogP) is 0.385. The topological polar surface area (TPSA) is 91.5 Å². The molecule has 1 aliphatic heterocycles. The van der Waals surface area contributed by atoms with Crippen LogP contribution < -0.4 is 5.56 Å². The molecule has 10 heteroatoms. The fraction of sp³-hybridized carbons (Fsp3) is 0.444. The van der Waals surface area contributed by atoms with Crippen molar-refractivity contribution in [2.75, 3.05) is 26.2 Å². The first-order chi connectivity index (χ1) is 13.5. The summed E-state index contributed by atoms with van der Waals surface area (Å²) in [4.78, 5) is 31.7. The standard InChI is InChI=1S/C18H20FN7O2/c1-11-12(17(28)24-7-5-23(6-8-24)15-9-13(15)19)10-20-26(11)18-21-16(27)14-3-2-4-25(14)22-18/h2-4,10,13,15H,5-9H2,1H3,(H,21,22,27). The molecule has 1 saturated carbocycles. The second-order valence-corrected chi connectivity index (χ2v) is 7.32. The molecule has 0 spiro atoms. The zero-order chi connectivity index (χ0) is 19.4. The number of H-pyrrole nitrogens is 1. The zero-order valence-electron chi connectivity index (χ0n) is 15.4. The molecule has 2 aliphatic rings. The minimum atomic E-state index is -0.713. The van der Waals surface area contributed by atoms with Crippen LogP contribution in [0.1, 0.15) is 22.5 Å². The van der Waals surface area contributed by atoms with Crippen molar-refractivity contribution in [1.82, 2.24) is 34.2 Å². The molecule has 0 aromatic carbocycles. The van der Waals surface area contributed by atoms with E-state index in [0.717, 1.165) is 0 Å². The Morgan fingerprint density at radius 3 is 2.75 bits per heavy atom. The third-order valence-corrected chi connectivity index (χ3v) is 5.58. The maximum Gasteiger partial charge on any atom is 0.276 e. The maximum atomic E-state index is 13.2. The number of carbonyl (C=O) groups is 1. The van der Waals surface area contributed by atoms with Gasteiger partial charge in [-0.1, -0.05) is 0 Å². The molecule has 1 amide bonds. The SMILES string of the molecule is Cc1c(C(=O)N2CCN(C3CC3F)CC2)cnn1-c1nn2cccc2c(=O)[nH]1. The Balaban J connectivity index is 1.37. The van der Waals surface area contributed by atoms with Crippen LogP contribution in [0.2, 0.25) is 0 Å². The van der Waals surface area contributed by atoms with E-state index in [1.807, 2.05) is 0 Å². The summed E-state index contributed by atoms with van der Waals surface area (Å²) in [5.41, 5.74) is 1.24. The second kappa shape index (κ2) is 6.26. The molecule has 0 radical (unpaired) electrons.